The lowest BCUT2D eigenvalue weighted by atomic mass is 9.98. The average molecular weight is 673 g/mol. The zero-order valence-corrected chi connectivity index (χ0v) is 27.7. The SMILES string of the molecule is [2H]c1c([2H])c([2H])c2c(oc3c([2H])c([2H])c4c([2H])c(-c5ccc(N(c6ccc(-c7ccccc7)cc6)c6cccc(-c7ccc8ccccc8c7)c6)cc5)c([2H])c([2H])c4c32)c1[2H]. The number of fused-ring (bicyclic) bond motifs is 6. The van der Waals surface area contributed by atoms with Crippen molar-refractivity contribution < 1.29 is 16.8 Å². The number of hydrogen-bond donors (Lipinski definition) is 0. The fourth-order valence-corrected chi connectivity index (χ4v) is 6.95. The van der Waals surface area contributed by atoms with Crippen molar-refractivity contribution in [2.45, 2.75) is 0 Å². The minimum absolute atomic E-state index is 0.0201. The third-order valence-electron chi connectivity index (χ3n) is 9.53. The van der Waals surface area contributed by atoms with Crippen LogP contribution in [0, 0.1) is 0 Å². The minimum Gasteiger partial charge on any atom is -0.456 e. The van der Waals surface area contributed by atoms with Crippen LogP contribution in [0.1, 0.15) is 12.3 Å². The first-order chi connectivity index (χ1) is 29.5. The predicted molar refractivity (Wildman–Crippen MR) is 220 cm³/mol. The molecule has 0 spiro atoms. The Labute approximate surface area is 315 Å². The number of hydrogen-bond acceptors (Lipinski definition) is 2. The molecule has 0 atom stereocenters. The van der Waals surface area contributed by atoms with Crippen LogP contribution in [0.25, 0.3) is 76.9 Å². The molecule has 0 fully saturated rings. The number of nitrogens with zero attached hydrogens (tertiary/aromatic N) is 1. The summed E-state index contributed by atoms with van der Waals surface area (Å²) in [5.41, 5.74) is 7.06. The molecule has 1 aromatic heterocycles. The van der Waals surface area contributed by atoms with Gasteiger partial charge in [-0.05, 0) is 116 Å². The molecule has 10 rings (SSSR count). The van der Waals surface area contributed by atoms with E-state index in [9.17, 15) is 4.11 Å². The quantitative estimate of drug-likeness (QED) is 0.175. The van der Waals surface area contributed by atoms with Gasteiger partial charge in [-0.15, -0.1) is 0 Å². The van der Waals surface area contributed by atoms with Gasteiger partial charge in [-0.3, -0.25) is 0 Å². The Bertz CT molecular complexity index is 3400. The molecule has 52 heavy (non-hydrogen) atoms. The molecule has 0 amide bonds. The van der Waals surface area contributed by atoms with E-state index in [-0.39, 0.29) is 56.4 Å². The van der Waals surface area contributed by atoms with Gasteiger partial charge in [0.2, 0.25) is 0 Å². The van der Waals surface area contributed by atoms with Crippen molar-refractivity contribution in [2.75, 3.05) is 4.90 Å². The second-order valence-corrected chi connectivity index (χ2v) is 12.7. The molecule has 0 bridgehead atoms. The van der Waals surface area contributed by atoms with Crippen LogP contribution in [0.4, 0.5) is 17.1 Å². The number of furan rings is 1. The van der Waals surface area contributed by atoms with Gasteiger partial charge in [0.25, 0.3) is 0 Å². The summed E-state index contributed by atoms with van der Waals surface area (Å²) in [6.45, 7) is 0. The summed E-state index contributed by atoms with van der Waals surface area (Å²) in [4.78, 5) is 2.14. The normalized spacial score (nSPS) is 13.9. The molecule has 0 saturated heterocycles. The molecule has 2 nitrogen and oxygen atoms in total. The van der Waals surface area contributed by atoms with Crippen LogP contribution in [0.15, 0.2) is 204 Å². The summed E-state index contributed by atoms with van der Waals surface area (Å²) in [5, 5.41) is 2.17. The Balaban J connectivity index is 1.12. The fourth-order valence-electron chi connectivity index (χ4n) is 6.95. The summed E-state index contributed by atoms with van der Waals surface area (Å²) in [6, 6.07) is 45.3. The van der Waals surface area contributed by atoms with Gasteiger partial charge in [0.05, 0.1) is 12.3 Å². The Hall–Kier alpha value is -6.90. The van der Waals surface area contributed by atoms with Crippen molar-refractivity contribution in [3.63, 3.8) is 0 Å². The lowest BCUT2D eigenvalue weighted by Crippen LogP contribution is -2.10. The average Bonchev–Trinajstić information content (AvgIpc) is 3.70. The van der Waals surface area contributed by atoms with Crippen LogP contribution in [-0.2, 0) is 0 Å². The first-order valence-electron chi connectivity index (χ1n) is 21.5. The minimum atomic E-state index is -0.517. The summed E-state index contributed by atoms with van der Waals surface area (Å²) in [6.07, 6.45) is 0. The summed E-state index contributed by atoms with van der Waals surface area (Å²) < 4.78 is 85.1. The molecular formula is C50H33NO. The van der Waals surface area contributed by atoms with Gasteiger partial charge in [0.15, 0.2) is 0 Å². The molecule has 0 aliphatic rings. The Morgan fingerprint density at radius 1 is 0.385 bits per heavy atom. The van der Waals surface area contributed by atoms with Gasteiger partial charge in [-0.2, -0.15) is 0 Å². The maximum atomic E-state index is 9.42. The van der Waals surface area contributed by atoms with Crippen LogP contribution in [0.5, 0.6) is 0 Å². The molecule has 0 saturated carbocycles. The molecular weight excluding hydrogens is 631 g/mol. The van der Waals surface area contributed by atoms with E-state index in [0.717, 1.165) is 50.1 Å². The van der Waals surface area contributed by atoms with Crippen LogP contribution in [0.2, 0.25) is 0 Å². The molecule has 1 heterocycles. The van der Waals surface area contributed by atoms with E-state index in [4.69, 9.17) is 12.6 Å². The van der Waals surface area contributed by atoms with Crippen molar-refractivity contribution in [1.29, 1.82) is 0 Å². The monoisotopic (exact) mass is 672 g/mol. The predicted octanol–water partition coefficient (Wildman–Crippen LogP) is 14.4. The molecule has 0 aliphatic heterocycles. The molecule has 0 radical (unpaired) electrons. The van der Waals surface area contributed by atoms with Gasteiger partial charge in [-0.25, -0.2) is 0 Å². The van der Waals surface area contributed by atoms with Crippen LogP contribution >= 0.6 is 0 Å². The van der Waals surface area contributed by atoms with Crippen molar-refractivity contribution in [2.24, 2.45) is 0 Å². The van der Waals surface area contributed by atoms with Gasteiger partial charge in [0.1, 0.15) is 11.2 Å². The topological polar surface area (TPSA) is 16.4 Å². The number of anilines is 3. The number of para-hydroxylation sites is 1. The molecule has 9 aromatic carbocycles. The highest BCUT2D eigenvalue weighted by Gasteiger charge is 2.16. The second-order valence-electron chi connectivity index (χ2n) is 12.7. The maximum absolute atomic E-state index is 9.42. The van der Waals surface area contributed by atoms with Crippen LogP contribution in [0.3, 0.4) is 0 Å². The van der Waals surface area contributed by atoms with Crippen LogP contribution in [-0.4, -0.2) is 0 Å². The molecule has 0 aliphatic carbocycles. The van der Waals surface area contributed by atoms with Crippen molar-refractivity contribution in [3.05, 3.63) is 200 Å². The fraction of sp³-hybridized carbons (Fsp3) is 0. The van der Waals surface area contributed by atoms with Gasteiger partial charge >= 0.3 is 0 Å². The van der Waals surface area contributed by atoms with E-state index in [0.29, 0.717) is 5.56 Å². The van der Waals surface area contributed by atoms with E-state index in [1.807, 2.05) is 48.5 Å². The van der Waals surface area contributed by atoms with E-state index in [1.54, 1.807) is 12.1 Å². The molecule has 0 N–H and O–H groups in total. The Morgan fingerprint density at radius 2 is 1.04 bits per heavy atom. The first-order valence-corrected chi connectivity index (χ1v) is 17.0. The molecule has 0 unspecified atom stereocenters. The Morgan fingerprint density at radius 3 is 1.85 bits per heavy atom. The lowest BCUT2D eigenvalue weighted by molar-refractivity contribution is 0.669. The summed E-state index contributed by atoms with van der Waals surface area (Å²) >= 11 is 0. The van der Waals surface area contributed by atoms with Crippen molar-refractivity contribution >= 4 is 60.5 Å². The first kappa shape index (κ1) is 22.0. The zero-order valence-electron chi connectivity index (χ0n) is 36.7. The van der Waals surface area contributed by atoms with E-state index in [1.165, 1.54) is 0 Å². The highest BCUT2D eigenvalue weighted by Crippen LogP contribution is 2.40. The lowest BCUT2D eigenvalue weighted by Gasteiger charge is -2.26. The largest absolute Gasteiger partial charge is 0.456 e. The second kappa shape index (κ2) is 12.5. The third-order valence-corrected chi connectivity index (χ3v) is 9.53. The third kappa shape index (κ3) is 5.30. The van der Waals surface area contributed by atoms with Gasteiger partial charge < -0.3 is 9.32 Å². The van der Waals surface area contributed by atoms with Crippen LogP contribution < -0.4 is 4.90 Å². The highest BCUT2D eigenvalue weighted by molar-refractivity contribution is 6.19. The zero-order chi connectivity index (χ0) is 42.3. The van der Waals surface area contributed by atoms with E-state index in [2.05, 4.69) is 89.8 Å². The maximum Gasteiger partial charge on any atom is 0.136 e. The number of rotatable bonds is 6. The van der Waals surface area contributed by atoms with E-state index >= 15 is 0 Å². The smallest absolute Gasteiger partial charge is 0.136 e. The molecule has 2 heteroatoms. The van der Waals surface area contributed by atoms with Gasteiger partial charge in [0, 0.05) is 27.8 Å². The highest BCUT2D eigenvalue weighted by atomic mass is 16.3. The number of benzene rings is 9. The summed E-state index contributed by atoms with van der Waals surface area (Å²) in [7, 11) is 0. The van der Waals surface area contributed by atoms with Gasteiger partial charge in [-0.1, -0.05) is 139 Å². The summed E-state index contributed by atoms with van der Waals surface area (Å²) in [5.74, 6) is 0. The standard InChI is InChI=1S/C50H33NO/c1-2-9-34(10-3-1)36-19-25-43(26-20-36)51(45-14-8-13-39(33-45)41-18-17-35-11-4-5-12-38(35)31-41)44-27-21-37(22-28-44)40-23-29-46-42(32-40)24-30-49-50(46)47-15-6-7-16-48(47)52-49/h1-33H/i6D,7D,15D,16D,23D,24D,29D,30D,32D. The van der Waals surface area contributed by atoms with E-state index < -0.39 is 36.3 Å². The van der Waals surface area contributed by atoms with Crippen molar-refractivity contribution in [3.8, 4) is 33.4 Å². The van der Waals surface area contributed by atoms with Crippen molar-refractivity contribution in [1.82, 2.24) is 0 Å². The Kier molecular flexibility index (Phi) is 5.28. The molecule has 10 aromatic rings. The molecule has 244 valence electrons.